The molecule has 4 atom stereocenters. The van der Waals surface area contributed by atoms with Crippen LogP contribution >= 0.6 is 0 Å². The average Bonchev–Trinajstić information content (AvgIpc) is 2.60. The van der Waals surface area contributed by atoms with Gasteiger partial charge in [0.25, 0.3) is 0 Å². The first-order valence-corrected chi connectivity index (χ1v) is 9.57. The highest BCUT2D eigenvalue weighted by Crippen LogP contribution is 2.44. The van der Waals surface area contributed by atoms with Crippen LogP contribution in [0.25, 0.3) is 0 Å². The Bertz CT molecular complexity index is 529. The standard InChI is InChI=1S/C15H28N2O3S/c1-10-12(16)6-5-11(14(10,2)3)13(18)17-15(4)7-8-21(19,20)9-15/h10-12H,5-9,16H2,1-4H3,(H,17,18). The SMILES string of the molecule is CC1C(N)CCC(C(=O)NC2(C)CCS(=O)(=O)C2)C1(C)C. The van der Waals surface area contributed by atoms with E-state index in [4.69, 9.17) is 5.73 Å². The fourth-order valence-electron chi connectivity index (χ4n) is 3.81. The Balaban J connectivity index is 2.10. The van der Waals surface area contributed by atoms with Crippen molar-refractivity contribution in [2.75, 3.05) is 11.5 Å². The van der Waals surface area contributed by atoms with Gasteiger partial charge in [0.2, 0.25) is 5.91 Å². The third-order valence-electron chi connectivity index (χ3n) is 5.75. The molecule has 0 aromatic heterocycles. The van der Waals surface area contributed by atoms with Crippen molar-refractivity contribution < 1.29 is 13.2 Å². The van der Waals surface area contributed by atoms with Crippen LogP contribution in [0.4, 0.5) is 0 Å². The molecule has 4 unspecified atom stereocenters. The quantitative estimate of drug-likeness (QED) is 0.798. The molecule has 0 bridgehead atoms. The number of nitrogens with two attached hydrogens (primary N) is 1. The van der Waals surface area contributed by atoms with Gasteiger partial charge in [-0.1, -0.05) is 20.8 Å². The fourth-order valence-corrected chi connectivity index (χ4v) is 5.91. The lowest BCUT2D eigenvalue weighted by molar-refractivity contribution is -0.134. The van der Waals surface area contributed by atoms with Crippen LogP contribution in [0, 0.1) is 17.3 Å². The summed E-state index contributed by atoms with van der Waals surface area (Å²) in [5, 5.41) is 3.01. The second-order valence-electron chi connectivity index (χ2n) is 7.80. The molecule has 6 heteroatoms. The summed E-state index contributed by atoms with van der Waals surface area (Å²) >= 11 is 0. The van der Waals surface area contributed by atoms with E-state index in [1.165, 1.54) is 0 Å². The second-order valence-corrected chi connectivity index (χ2v) is 9.98. The Hall–Kier alpha value is -0.620. The first-order chi connectivity index (χ1) is 9.47. The molecule has 0 aromatic carbocycles. The smallest absolute Gasteiger partial charge is 0.224 e. The van der Waals surface area contributed by atoms with Gasteiger partial charge in [-0.25, -0.2) is 8.42 Å². The highest BCUT2D eigenvalue weighted by molar-refractivity contribution is 7.91. The van der Waals surface area contributed by atoms with Crippen LogP contribution in [0.5, 0.6) is 0 Å². The summed E-state index contributed by atoms with van der Waals surface area (Å²) in [4.78, 5) is 12.7. The average molecular weight is 316 g/mol. The molecular formula is C15H28N2O3S. The Kier molecular flexibility index (Phi) is 4.17. The lowest BCUT2D eigenvalue weighted by atomic mass is 9.61. The molecule has 122 valence electrons. The van der Waals surface area contributed by atoms with Crippen LogP contribution in [0.3, 0.4) is 0 Å². The molecule has 3 N–H and O–H groups in total. The van der Waals surface area contributed by atoms with Crippen molar-refractivity contribution >= 4 is 15.7 Å². The van der Waals surface area contributed by atoms with E-state index in [0.717, 1.165) is 12.8 Å². The minimum absolute atomic E-state index is 0.0154. The van der Waals surface area contributed by atoms with Gasteiger partial charge in [-0.15, -0.1) is 0 Å². The van der Waals surface area contributed by atoms with Gasteiger partial charge in [-0.2, -0.15) is 0 Å². The van der Waals surface area contributed by atoms with Gasteiger partial charge in [-0.05, 0) is 37.5 Å². The molecule has 0 aromatic rings. The number of amides is 1. The van der Waals surface area contributed by atoms with Gasteiger partial charge >= 0.3 is 0 Å². The third kappa shape index (κ3) is 3.26. The van der Waals surface area contributed by atoms with E-state index in [1.54, 1.807) is 0 Å². The van der Waals surface area contributed by atoms with Crippen molar-refractivity contribution in [2.45, 2.75) is 58.5 Å². The molecule has 5 nitrogen and oxygen atoms in total. The van der Waals surface area contributed by atoms with Crippen molar-refractivity contribution in [3.63, 3.8) is 0 Å². The zero-order chi connectivity index (χ0) is 16.1. The highest BCUT2D eigenvalue weighted by Gasteiger charge is 2.47. The van der Waals surface area contributed by atoms with Crippen molar-refractivity contribution in [3.05, 3.63) is 0 Å². The van der Waals surface area contributed by atoms with Gasteiger partial charge in [0.05, 0.1) is 17.0 Å². The summed E-state index contributed by atoms with van der Waals surface area (Å²) < 4.78 is 23.3. The van der Waals surface area contributed by atoms with Crippen LogP contribution in [-0.4, -0.2) is 37.4 Å². The topological polar surface area (TPSA) is 89.3 Å². The van der Waals surface area contributed by atoms with Crippen molar-refractivity contribution in [2.24, 2.45) is 23.0 Å². The van der Waals surface area contributed by atoms with Crippen molar-refractivity contribution in [1.82, 2.24) is 5.32 Å². The number of hydrogen-bond donors (Lipinski definition) is 2. The molecule has 1 aliphatic heterocycles. The van der Waals surface area contributed by atoms with Crippen molar-refractivity contribution in [1.29, 1.82) is 0 Å². The van der Waals surface area contributed by atoms with Gasteiger partial charge in [0, 0.05) is 12.0 Å². The minimum atomic E-state index is -3.01. The van der Waals surface area contributed by atoms with E-state index in [-0.39, 0.29) is 40.7 Å². The first kappa shape index (κ1) is 16.7. The van der Waals surface area contributed by atoms with Gasteiger partial charge in [-0.3, -0.25) is 4.79 Å². The fraction of sp³-hybridized carbons (Fsp3) is 0.933. The lowest BCUT2D eigenvalue weighted by Gasteiger charge is -2.46. The normalized spacial score (nSPS) is 41.7. The predicted molar refractivity (Wildman–Crippen MR) is 83.5 cm³/mol. The Morgan fingerprint density at radius 1 is 1.24 bits per heavy atom. The molecule has 1 aliphatic carbocycles. The Morgan fingerprint density at radius 3 is 2.38 bits per heavy atom. The van der Waals surface area contributed by atoms with Crippen LogP contribution < -0.4 is 11.1 Å². The maximum Gasteiger partial charge on any atom is 0.224 e. The number of nitrogens with one attached hydrogen (secondary N) is 1. The highest BCUT2D eigenvalue weighted by atomic mass is 32.2. The van der Waals surface area contributed by atoms with Crippen LogP contribution in [0.1, 0.15) is 47.0 Å². The van der Waals surface area contributed by atoms with Gasteiger partial charge < -0.3 is 11.1 Å². The summed E-state index contributed by atoms with van der Waals surface area (Å²) in [6.07, 6.45) is 2.12. The zero-order valence-corrected chi connectivity index (χ0v) is 14.3. The lowest BCUT2D eigenvalue weighted by Crippen LogP contribution is -2.56. The molecule has 21 heavy (non-hydrogen) atoms. The number of hydrogen-bond acceptors (Lipinski definition) is 4. The summed E-state index contributed by atoms with van der Waals surface area (Å²) in [6, 6.07) is 0.131. The summed E-state index contributed by atoms with van der Waals surface area (Å²) in [5.41, 5.74) is 5.34. The van der Waals surface area contributed by atoms with E-state index >= 15 is 0 Å². The van der Waals surface area contributed by atoms with Crippen LogP contribution in [0.15, 0.2) is 0 Å². The number of sulfone groups is 1. The molecule has 0 spiro atoms. The molecule has 0 radical (unpaired) electrons. The molecule has 2 rings (SSSR count). The van der Waals surface area contributed by atoms with E-state index in [9.17, 15) is 13.2 Å². The van der Waals surface area contributed by atoms with E-state index in [1.807, 2.05) is 6.92 Å². The molecule has 2 aliphatic rings. The van der Waals surface area contributed by atoms with Crippen LogP contribution in [-0.2, 0) is 14.6 Å². The molecule has 1 saturated heterocycles. The van der Waals surface area contributed by atoms with E-state index < -0.39 is 15.4 Å². The van der Waals surface area contributed by atoms with Crippen molar-refractivity contribution in [3.8, 4) is 0 Å². The molecule has 2 fully saturated rings. The molecule has 1 amide bonds. The van der Waals surface area contributed by atoms with E-state index in [0.29, 0.717) is 6.42 Å². The van der Waals surface area contributed by atoms with Gasteiger partial charge in [0.1, 0.15) is 0 Å². The predicted octanol–water partition coefficient (Wildman–Crippen LogP) is 1.08. The number of carbonyl (C=O) groups is 1. The van der Waals surface area contributed by atoms with Gasteiger partial charge in [0.15, 0.2) is 9.84 Å². The number of rotatable bonds is 2. The summed E-state index contributed by atoms with van der Waals surface area (Å²) in [7, 11) is -3.01. The third-order valence-corrected chi connectivity index (χ3v) is 7.65. The summed E-state index contributed by atoms with van der Waals surface area (Å²) in [5.74, 6) is 0.362. The molecular weight excluding hydrogens is 288 g/mol. The Labute approximate surface area is 128 Å². The molecule has 1 saturated carbocycles. The zero-order valence-electron chi connectivity index (χ0n) is 13.5. The first-order valence-electron chi connectivity index (χ1n) is 7.75. The largest absolute Gasteiger partial charge is 0.350 e. The van der Waals surface area contributed by atoms with Crippen LogP contribution in [0.2, 0.25) is 0 Å². The summed E-state index contributed by atoms with van der Waals surface area (Å²) in [6.45, 7) is 8.12. The monoisotopic (exact) mass is 316 g/mol. The maximum absolute atomic E-state index is 12.7. The Morgan fingerprint density at radius 2 is 1.86 bits per heavy atom. The number of carbonyl (C=O) groups excluding carboxylic acids is 1. The van der Waals surface area contributed by atoms with E-state index in [2.05, 4.69) is 26.1 Å². The second kappa shape index (κ2) is 5.23. The molecule has 1 heterocycles. The maximum atomic E-state index is 12.7. The minimum Gasteiger partial charge on any atom is -0.350 e.